The number of hydrogen-bond acceptors (Lipinski definition) is 4. The molecule has 22 heavy (non-hydrogen) atoms. The first-order chi connectivity index (χ1) is 10.8. The van der Waals surface area contributed by atoms with Gasteiger partial charge in [0.1, 0.15) is 0 Å². The van der Waals surface area contributed by atoms with Crippen LogP contribution in [0.1, 0.15) is 78.1 Å². The molecule has 0 amide bonds. The van der Waals surface area contributed by atoms with Crippen molar-refractivity contribution in [1.82, 2.24) is 0 Å². The Morgan fingerprint density at radius 3 is 1.50 bits per heavy atom. The number of rotatable bonds is 9. The molecule has 0 bridgehead atoms. The number of ether oxygens (including phenoxy) is 2. The molecule has 130 valence electrons. The van der Waals surface area contributed by atoms with Gasteiger partial charge in [-0.2, -0.15) is 0 Å². The van der Waals surface area contributed by atoms with E-state index in [1.165, 1.54) is 51.4 Å². The van der Waals surface area contributed by atoms with E-state index in [1.54, 1.807) is 0 Å². The highest BCUT2D eigenvalue weighted by Crippen LogP contribution is 2.44. The van der Waals surface area contributed by atoms with Crippen LogP contribution in [-0.4, -0.2) is 35.9 Å². The van der Waals surface area contributed by atoms with Gasteiger partial charge in [0.05, 0.1) is 12.2 Å². The van der Waals surface area contributed by atoms with Gasteiger partial charge in [-0.25, -0.2) is 0 Å². The van der Waals surface area contributed by atoms with E-state index < -0.39 is 0 Å². The molecule has 2 rings (SSSR count). The van der Waals surface area contributed by atoms with Gasteiger partial charge in [-0.05, 0) is 38.5 Å². The Bertz CT molecular complexity index is 260. The molecule has 2 saturated carbocycles. The van der Waals surface area contributed by atoms with Crippen LogP contribution in [0.5, 0.6) is 0 Å². The summed E-state index contributed by atoms with van der Waals surface area (Å²) < 4.78 is 12.2. The first-order valence-electron chi connectivity index (χ1n) is 9.40. The van der Waals surface area contributed by atoms with Gasteiger partial charge in [0.25, 0.3) is 0 Å². The van der Waals surface area contributed by atoms with Gasteiger partial charge in [-0.1, -0.05) is 61.1 Å². The van der Waals surface area contributed by atoms with E-state index in [0.717, 1.165) is 26.1 Å². The molecule has 0 spiro atoms. The monoisotopic (exact) mass is 346 g/mol. The van der Waals surface area contributed by atoms with Crippen LogP contribution in [0.2, 0.25) is 0 Å². The Morgan fingerprint density at radius 1 is 0.682 bits per heavy atom. The van der Waals surface area contributed by atoms with E-state index in [2.05, 4.69) is 35.4 Å². The molecule has 0 aromatic carbocycles. The SMILES string of the molecule is CCCO[C@H]1CCCC[C@@H]1SS[C@H]1CCCC[C@@H]1OCCC. The van der Waals surface area contributed by atoms with Crippen LogP contribution >= 0.6 is 21.6 Å². The summed E-state index contributed by atoms with van der Waals surface area (Å²) >= 11 is 0. The van der Waals surface area contributed by atoms with E-state index in [1.807, 2.05) is 0 Å². The minimum atomic E-state index is 0.491. The lowest BCUT2D eigenvalue weighted by atomic mass is 9.97. The summed E-state index contributed by atoms with van der Waals surface area (Å²) in [7, 11) is 4.22. The topological polar surface area (TPSA) is 18.5 Å². The van der Waals surface area contributed by atoms with Gasteiger partial charge in [0.2, 0.25) is 0 Å². The highest BCUT2D eigenvalue weighted by Gasteiger charge is 2.31. The molecule has 0 unspecified atom stereocenters. The second-order valence-corrected chi connectivity index (χ2v) is 9.41. The zero-order valence-corrected chi connectivity index (χ0v) is 16.1. The largest absolute Gasteiger partial charge is 0.377 e. The maximum Gasteiger partial charge on any atom is 0.0702 e. The van der Waals surface area contributed by atoms with Gasteiger partial charge in [0.15, 0.2) is 0 Å². The molecule has 0 radical (unpaired) electrons. The lowest BCUT2D eigenvalue weighted by Crippen LogP contribution is -2.32. The van der Waals surface area contributed by atoms with Crippen molar-refractivity contribution in [2.75, 3.05) is 13.2 Å². The second-order valence-electron chi connectivity index (χ2n) is 6.66. The molecule has 4 atom stereocenters. The van der Waals surface area contributed by atoms with Crippen LogP contribution in [0.15, 0.2) is 0 Å². The van der Waals surface area contributed by atoms with Gasteiger partial charge in [-0.15, -0.1) is 0 Å². The lowest BCUT2D eigenvalue weighted by molar-refractivity contribution is 0.0327. The minimum absolute atomic E-state index is 0.491. The van der Waals surface area contributed by atoms with E-state index in [0.29, 0.717) is 22.7 Å². The third-order valence-corrected chi connectivity index (χ3v) is 8.16. The predicted octanol–water partition coefficient (Wildman–Crippen LogP) is 5.84. The molecule has 0 heterocycles. The number of hydrogen-bond donors (Lipinski definition) is 0. The molecular weight excluding hydrogens is 312 g/mol. The Kier molecular flexibility index (Phi) is 9.67. The summed E-state index contributed by atoms with van der Waals surface area (Å²) in [5, 5.41) is 1.39. The van der Waals surface area contributed by atoms with Crippen LogP contribution in [0, 0.1) is 0 Å². The average molecular weight is 347 g/mol. The predicted molar refractivity (Wildman–Crippen MR) is 99.8 cm³/mol. The van der Waals surface area contributed by atoms with Crippen molar-refractivity contribution in [3.8, 4) is 0 Å². The van der Waals surface area contributed by atoms with Crippen molar-refractivity contribution >= 4 is 21.6 Å². The summed E-state index contributed by atoms with van der Waals surface area (Å²) in [5.74, 6) is 0. The molecule has 2 fully saturated rings. The maximum absolute atomic E-state index is 6.11. The summed E-state index contributed by atoms with van der Waals surface area (Å²) in [4.78, 5) is 0. The van der Waals surface area contributed by atoms with Crippen LogP contribution in [0.25, 0.3) is 0 Å². The summed E-state index contributed by atoms with van der Waals surface area (Å²) in [6, 6.07) is 0. The third-order valence-electron chi connectivity index (χ3n) is 4.66. The molecule has 2 aliphatic carbocycles. The van der Waals surface area contributed by atoms with Crippen molar-refractivity contribution in [2.45, 2.75) is 101 Å². The second kappa shape index (κ2) is 11.2. The van der Waals surface area contributed by atoms with Crippen molar-refractivity contribution < 1.29 is 9.47 Å². The maximum atomic E-state index is 6.11. The molecule has 0 saturated heterocycles. The van der Waals surface area contributed by atoms with E-state index in [-0.39, 0.29) is 0 Å². The lowest BCUT2D eigenvalue weighted by Gasteiger charge is -2.34. The fraction of sp³-hybridized carbons (Fsp3) is 1.00. The molecule has 4 heteroatoms. The summed E-state index contributed by atoms with van der Waals surface area (Å²) in [5.41, 5.74) is 0. The third kappa shape index (κ3) is 6.26. The molecule has 2 nitrogen and oxygen atoms in total. The fourth-order valence-corrected chi connectivity index (χ4v) is 7.07. The van der Waals surface area contributed by atoms with Gasteiger partial charge in [0, 0.05) is 23.7 Å². The van der Waals surface area contributed by atoms with E-state index in [9.17, 15) is 0 Å². The zero-order valence-electron chi connectivity index (χ0n) is 14.4. The zero-order chi connectivity index (χ0) is 15.6. The van der Waals surface area contributed by atoms with Crippen LogP contribution in [0.3, 0.4) is 0 Å². The molecule has 0 N–H and O–H groups in total. The standard InChI is InChI=1S/C18H34O2S2/c1-3-13-19-15-9-5-7-11-17(15)21-22-18-12-8-6-10-16(18)20-14-4-2/h15-18H,3-14H2,1-2H3/t15-,16-,17-,18-/m0/s1. The van der Waals surface area contributed by atoms with Crippen LogP contribution in [-0.2, 0) is 9.47 Å². The van der Waals surface area contributed by atoms with Crippen molar-refractivity contribution in [3.63, 3.8) is 0 Å². The first kappa shape index (κ1) is 19.0. The van der Waals surface area contributed by atoms with Gasteiger partial charge >= 0.3 is 0 Å². The average Bonchev–Trinajstić information content (AvgIpc) is 2.57. The van der Waals surface area contributed by atoms with Crippen molar-refractivity contribution in [1.29, 1.82) is 0 Å². The summed E-state index contributed by atoms with van der Waals surface area (Å²) in [6.07, 6.45) is 13.9. The van der Waals surface area contributed by atoms with Crippen LogP contribution in [0.4, 0.5) is 0 Å². The summed E-state index contributed by atoms with van der Waals surface area (Å²) in [6.45, 7) is 6.27. The van der Waals surface area contributed by atoms with E-state index >= 15 is 0 Å². The molecular formula is C18H34O2S2. The van der Waals surface area contributed by atoms with Gasteiger partial charge in [-0.3, -0.25) is 0 Å². The Balaban J connectivity index is 1.77. The van der Waals surface area contributed by atoms with Gasteiger partial charge < -0.3 is 9.47 Å². The fourth-order valence-electron chi connectivity index (χ4n) is 3.41. The Morgan fingerprint density at radius 2 is 1.09 bits per heavy atom. The quantitative estimate of drug-likeness (QED) is 0.488. The normalized spacial score (nSPS) is 33.0. The highest BCUT2D eigenvalue weighted by molar-refractivity contribution is 8.77. The molecule has 0 aromatic heterocycles. The van der Waals surface area contributed by atoms with Crippen molar-refractivity contribution in [3.05, 3.63) is 0 Å². The Labute approximate surface area is 145 Å². The van der Waals surface area contributed by atoms with Crippen molar-refractivity contribution in [2.24, 2.45) is 0 Å². The van der Waals surface area contributed by atoms with Crippen LogP contribution < -0.4 is 0 Å². The smallest absolute Gasteiger partial charge is 0.0702 e. The Hall–Kier alpha value is 0.620. The molecule has 2 aliphatic rings. The minimum Gasteiger partial charge on any atom is -0.377 e. The van der Waals surface area contributed by atoms with E-state index in [4.69, 9.17) is 9.47 Å². The first-order valence-corrected chi connectivity index (χ1v) is 11.7. The molecule has 0 aliphatic heterocycles. The molecule has 0 aromatic rings. The highest BCUT2D eigenvalue weighted by atomic mass is 33.1.